The quantitative estimate of drug-likeness (QED) is 0.760. The Bertz CT molecular complexity index is 487. The Hall–Kier alpha value is -0.780. The Balaban J connectivity index is 0.00000128. The maximum Gasteiger partial charge on any atom is 0.296 e. The second-order valence-electron chi connectivity index (χ2n) is 3.96. The molecule has 0 saturated heterocycles. The first-order valence-electron chi connectivity index (χ1n) is 4.82. The predicted octanol–water partition coefficient (Wildman–Crippen LogP) is 1.96. The summed E-state index contributed by atoms with van der Waals surface area (Å²) in [6, 6.07) is 4.95. The minimum absolute atomic E-state index is 0. The van der Waals surface area contributed by atoms with Gasteiger partial charge in [0.05, 0.1) is 5.69 Å². The molecule has 0 fully saturated rings. The van der Waals surface area contributed by atoms with Crippen LogP contribution in [0.1, 0.15) is 12.5 Å². The Morgan fingerprint density at radius 2 is 2.12 bits per heavy atom. The topological polar surface area (TPSA) is 66.4 Å². The summed E-state index contributed by atoms with van der Waals surface area (Å²) in [6.45, 7) is 2.83. The number of halogens is 1. The molecule has 0 amide bonds. The van der Waals surface area contributed by atoms with Crippen molar-refractivity contribution < 1.29 is 13.0 Å². The molecule has 0 radical (unpaired) electrons. The number of anilines is 1. The van der Waals surface area contributed by atoms with Gasteiger partial charge in [0.15, 0.2) is 0 Å². The number of rotatable bonds is 1. The van der Waals surface area contributed by atoms with Crippen LogP contribution in [0.3, 0.4) is 0 Å². The molecule has 16 heavy (non-hydrogen) atoms. The highest BCUT2D eigenvalue weighted by atomic mass is 35.5. The van der Waals surface area contributed by atoms with Crippen molar-refractivity contribution >= 4 is 28.2 Å². The first kappa shape index (κ1) is 13.3. The van der Waals surface area contributed by atoms with E-state index in [1.54, 1.807) is 6.07 Å². The third-order valence-corrected chi connectivity index (χ3v) is 3.48. The van der Waals surface area contributed by atoms with E-state index in [-0.39, 0.29) is 17.3 Å². The molecule has 1 atom stereocenters. The van der Waals surface area contributed by atoms with E-state index in [9.17, 15) is 8.42 Å². The first-order valence-corrected chi connectivity index (χ1v) is 6.26. The van der Waals surface area contributed by atoms with Gasteiger partial charge < -0.3 is 5.32 Å². The van der Waals surface area contributed by atoms with Crippen molar-refractivity contribution in [1.29, 1.82) is 0 Å². The molecule has 6 heteroatoms. The third-order valence-electron chi connectivity index (χ3n) is 2.59. The monoisotopic (exact) mass is 263 g/mol. The average Bonchev–Trinajstić information content (AvgIpc) is 2.15. The maximum atomic E-state index is 11.1. The Kier molecular flexibility index (Phi) is 3.83. The number of benzene rings is 1. The van der Waals surface area contributed by atoms with Gasteiger partial charge in [-0.15, -0.1) is 12.4 Å². The van der Waals surface area contributed by atoms with Crippen molar-refractivity contribution in [3.05, 3.63) is 23.8 Å². The molecule has 0 bridgehead atoms. The molecule has 1 aliphatic rings. The molecule has 0 aromatic heterocycles. The molecule has 1 heterocycles. The molecule has 90 valence electrons. The molecule has 0 unspecified atom stereocenters. The van der Waals surface area contributed by atoms with Crippen LogP contribution in [0.15, 0.2) is 23.1 Å². The summed E-state index contributed by atoms with van der Waals surface area (Å²) in [7, 11) is -4.12. The highest BCUT2D eigenvalue weighted by Gasteiger charge is 2.22. The molecular formula is C10H14ClNO3S. The van der Waals surface area contributed by atoms with Crippen LogP contribution in [0.25, 0.3) is 0 Å². The van der Waals surface area contributed by atoms with Crippen molar-refractivity contribution in [2.45, 2.75) is 18.2 Å². The normalized spacial score (nSPS) is 19.2. The highest BCUT2D eigenvalue weighted by molar-refractivity contribution is 7.86. The van der Waals surface area contributed by atoms with Crippen LogP contribution in [-0.4, -0.2) is 19.5 Å². The summed E-state index contributed by atoms with van der Waals surface area (Å²) in [4.78, 5) is -0.0214. The van der Waals surface area contributed by atoms with Crippen LogP contribution in [0, 0.1) is 5.92 Å². The van der Waals surface area contributed by atoms with Crippen molar-refractivity contribution in [3.8, 4) is 0 Å². The van der Waals surface area contributed by atoms with Crippen LogP contribution in [-0.2, 0) is 16.5 Å². The zero-order valence-electron chi connectivity index (χ0n) is 8.80. The van der Waals surface area contributed by atoms with Gasteiger partial charge in [0.1, 0.15) is 4.90 Å². The summed E-state index contributed by atoms with van der Waals surface area (Å²) in [6.07, 6.45) is 0.839. The van der Waals surface area contributed by atoms with Crippen molar-refractivity contribution in [3.63, 3.8) is 0 Å². The standard InChI is InChI=1S/C10H13NO3S.ClH/c1-7-5-8-3-2-4-9(15(12,13)14)10(8)11-6-7;/h2-4,7,11H,5-6H2,1H3,(H,12,13,14);1H/t7-;/m1./s1. The zero-order valence-corrected chi connectivity index (χ0v) is 10.4. The summed E-state index contributed by atoms with van der Waals surface area (Å²) in [5, 5.41) is 3.05. The zero-order chi connectivity index (χ0) is 11.1. The molecule has 0 saturated carbocycles. The Labute approximate surface area is 101 Å². The fourth-order valence-corrected chi connectivity index (χ4v) is 2.60. The van der Waals surface area contributed by atoms with Gasteiger partial charge in [-0.05, 0) is 24.0 Å². The molecule has 4 nitrogen and oxygen atoms in total. The Morgan fingerprint density at radius 3 is 2.75 bits per heavy atom. The fourth-order valence-electron chi connectivity index (χ4n) is 1.89. The maximum absolute atomic E-state index is 11.1. The molecule has 0 spiro atoms. The van der Waals surface area contributed by atoms with Gasteiger partial charge in [-0.25, -0.2) is 0 Å². The second-order valence-corrected chi connectivity index (χ2v) is 5.35. The molecule has 1 aliphatic heterocycles. The lowest BCUT2D eigenvalue weighted by atomic mass is 9.96. The van der Waals surface area contributed by atoms with Crippen LogP contribution in [0.2, 0.25) is 0 Å². The Morgan fingerprint density at radius 1 is 1.44 bits per heavy atom. The van der Waals surface area contributed by atoms with Crippen LogP contribution in [0.5, 0.6) is 0 Å². The van der Waals surface area contributed by atoms with Crippen molar-refractivity contribution in [2.24, 2.45) is 5.92 Å². The molecular weight excluding hydrogens is 250 g/mol. The highest BCUT2D eigenvalue weighted by Crippen LogP contribution is 2.30. The van der Waals surface area contributed by atoms with Crippen molar-refractivity contribution in [1.82, 2.24) is 0 Å². The van der Waals surface area contributed by atoms with Gasteiger partial charge in [-0.3, -0.25) is 4.55 Å². The first-order chi connectivity index (χ1) is 6.98. The summed E-state index contributed by atoms with van der Waals surface area (Å²) in [5.41, 5.74) is 1.50. The SMILES string of the molecule is C[C@H]1CNc2c(cccc2S(=O)(=O)O)C1.Cl. The average molecular weight is 264 g/mol. The molecule has 0 aliphatic carbocycles. The molecule has 1 aromatic carbocycles. The fraction of sp³-hybridized carbons (Fsp3) is 0.400. The van der Waals surface area contributed by atoms with E-state index in [2.05, 4.69) is 12.2 Å². The number of hydrogen-bond acceptors (Lipinski definition) is 3. The minimum atomic E-state index is -4.12. The molecule has 2 rings (SSSR count). The summed E-state index contributed by atoms with van der Waals surface area (Å²) >= 11 is 0. The lowest BCUT2D eigenvalue weighted by Gasteiger charge is -2.24. The van der Waals surface area contributed by atoms with Crippen LogP contribution >= 0.6 is 12.4 Å². The number of hydrogen-bond donors (Lipinski definition) is 2. The van der Waals surface area contributed by atoms with Crippen molar-refractivity contribution in [2.75, 3.05) is 11.9 Å². The largest absolute Gasteiger partial charge is 0.383 e. The van der Waals surface area contributed by atoms with E-state index in [1.807, 2.05) is 6.07 Å². The third kappa shape index (κ3) is 2.48. The summed E-state index contributed by atoms with van der Waals surface area (Å²) in [5.74, 6) is 0.481. The predicted molar refractivity (Wildman–Crippen MR) is 64.9 cm³/mol. The lowest BCUT2D eigenvalue weighted by Crippen LogP contribution is -2.22. The van der Waals surface area contributed by atoms with Crippen LogP contribution < -0.4 is 5.32 Å². The van der Waals surface area contributed by atoms with E-state index in [0.29, 0.717) is 11.6 Å². The van der Waals surface area contributed by atoms with E-state index < -0.39 is 10.1 Å². The van der Waals surface area contributed by atoms with Gasteiger partial charge in [0, 0.05) is 6.54 Å². The van der Waals surface area contributed by atoms with Crippen LogP contribution in [0.4, 0.5) is 5.69 Å². The second kappa shape index (κ2) is 4.61. The van der Waals surface area contributed by atoms with E-state index in [4.69, 9.17) is 4.55 Å². The molecule has 1 aromatic rings. The number of nitrogens with one attached hydrogen (secondary N) is 1. The van der Waals surface area contributed by atoms with Gasteiger partial charge >= 0.3 is 0 Å². The molecule has 2 N–H and O–H groups in total. The van der Waals surface area contributed by atoms with Gasteiger partial charge in [-0.1, -0.05) is 19.1 Å². The van der Waals surface area contributed by atoms with E-state index in [1.165, 1.54) is 6.07 Å². The minimum Gasteiger partial charge on any atom is -0.383 e. The van der Waals surface area contributed by atoms with Gasteiger partial charge in [0.25, 0.3) is 10.1 Å². The van der Waals surface area contributed by atoms with Gasteiger partial charge in [-0.2, -0.15) is 8.42 Å². The van der Waals surface area contributed by atoms with E-state index >= 15 is 0 Å². The smallest absolute Gasteiger partial charge is 0.296 e. The van der Waals surface area contributed by atoms with E-state index in [0.717, 1.165) is 18.5 Å². The number of para-hydroxylation sites is 1. The van der Waals surface area contributed by atoms with Gasteiger partial charge in [0.2, 0.25) is 0 Å². The lowest BCUT2D eigenvalue weighted by molar-refractivity contribution is 0.482. The summed E-state index contributed by atoms with van der Waals surface area (Å²) < 4.78 is 31.2. The number of fused-ring (bicyclic) bond motifs is 1.